The molecule has 3 atom stereocenters. The number of benzene rings is 1. The molecule has 0 heterocycles. The number of hydrogen-bond acceptors (Lipinski definition) is 4. The number of hydrogen-bond donors (Lipinski definition) is 1. The number of nitrogens with zero attached hydrogens (tertiary/aromatic N) is 1. The molecular formula is C20H26N2O3. The second-order valence-corrected chi connectivity index (χ2v) is 8.28. The quantitative estimate of drug-likeness (QED) is 0.858. The second-order valence-electron chi connectivity index (χ2n) is 8.28. The molecule has 3 rings (SSSR count). The highest BCUT2D eigenvalue weighted by atomic mass is 16.2. The average Bonchev–Trinajstić information content (AvgIpc) is 2.71. The molecule has 25 heavy (non-hydrogen) atoms. The second kappa shape index (κ2) is 5.68. The Balaban J connectivity index is 1.83. The van der Waals surface area contributed by atoms with Gasteiger partial charge in [0.05, 0.1) is 0 Å². The van der Waals surface area contributed by atoms with Gasteiger partial charge in [-0.05, 0) is 42.5 Å². The maximum atomic E-state index is 13.0. The molecule has 0 saturated heterocycles. The van der Waals surface area contributed by atoms with E-state index < -0.39 is 17.2 Å². The van der Waals surface area contributed by atoms with E-state index >= 15 is 0 Å². The smallest absolute Gasteiger partial charge is 0.242 e. The van der Waals surface area contributed by atoms with Gasteiger partial charge >= 0.3 is 0 Å². The normalized spacial score (nSPS) is 30.3. The number of anilines is 2. The SMILES string of the molecule is CN(C)c1ccc(NC(=O)C2C(=O)C3CC[C@@](C)(C2=O)C3(C)C)cc1. The highest BCUT2D eigenvalue weighted by Gasteiger charge is 2.66. The molecule has 1 amide bonds. The van der Waals surface area contributed by atoms with E-state index in [1.807, 2.05) is 51.9 Å². The van der Waals surface area contributed by atoms with Crippen LogP contribution in [0.5, 0.6) is 0 Å². The molecule has 0 aliphatic heterocycles. The molecule has 2 aliphatic rings. The minimum Gasteiger partial charge on any atom is -0.378 e. The molecule has 1 N–H and O–H groups in total. The summed E-state index contributed by atoms with van der Waals surface area (Å²) in [7, 11) is 3.87. The third-order valence-electron chi connectivity index (χ3n) is 6.57. The Bertz CT molecular complexity index is 736. The van der Waals surface area contributed by atoms with E-state index in [1.54, 1.807) is 12.1 Å². The van der Waals surface area contributed by atoms with Gasteiger partial charge in [0.25, 0.3) is 0 Å². The molecule has 2 saturated carbocycles. The molecule has 2 unspecified atom stereocenters. The standard InChI is InChI=1S/C20H26N2O3/c1-19(2)14-10-11-20(19,3)17(24)15(16(14)23)18(25)21-12-6-8-13(9-7-12)22(4)5/h6-9,14-15H,10-11H2,1-5H3,(H,21,25)/t14?,15?,20-/m0/s1. The summed E-state index contributed by atoms with van der Waals surface area (Å²) in [5.41, 5.74) is 0.613. The maximum absolute atomic E-state index is 13.0. The highest BCUT2D eigenvalue weighted by molar-refractivity contribution is 6.25. The fraction of sp³-hybridized carbons (Fsp3) is 0.550. The lowest BCUT2D eigenvalue weighted by Gasteiger charge is -2.46. The average molecular weight is 342 g/mol. The molecule has 1 aromatic rings. The summed E-state index contributed by atoms with van der Waals surface area (Å²) in [6.07, 6.45) is 1.37. The minimum absolute atomic E-state index is 0.215. The van der Waals surface area contributed by atoms with E-state index in [-0.39, 0.29) is 22.9 Å². The zero-order valence-electron chi connectivity index (χ0n) is 15.6. The van der Waals surface area contributed by atoms with Crippen molar-refractivity contribution in [2.75, 3.05) is 24.3 Å². The van der Waals surface area contributed by atoms with Crippen LogP contribution < -0.4 is 10.2 Å². The summed E-state index contributed by atoms with van der Waals surface area (Å²) in [4.78, 5) is 40.5. The van der Waals surface area contributed by atoms with Gasteiger partial charge in [-0.15, -0.1) is 0 Å². The number of amides is 1. The number of rotatable bonds is 3. The van der Waals surface area contributed by atoms with Gasteiger partial charge in [0.15, 0.2) is 17.5 Å². The van der Waals surface area contributed by atoms with Crippen LogP contribution in [0.15, 0.2) is 24.3 Å². The number of Topliss-reactive ketones (excluding diaryl/α,β-unsaturated/α-hetero) is 2. The van der Waals surface area contributed by atoms with E-state index in [4.69, 9.17) is 0 Å². The van der Waals surface area contributed by atoms with Gasteiger partial charge in [-0.2, -0.15) is 0 Å². The van der Waals surface area contributed by atoms with Gasteiger partial charge < -0.3 is 10.2 Å². The first-order valence-electron chi connectivity index (χ1n) is 8.76. The molecule has 2 bridgehead atoms. The number of nitrogens with one attached hydrogen (secondary N) is 1. The fourth-order valence-electron chi connectivity index (χ4n) is 4.39. The topological polar surface area (TPSA) is 66.5 Å². The lowest BCUT2D eigenvalue weighted by atomic mass is 9.55. The zero-order chi connectivity index (χ0) is 18.6. The summed E-state index contributed by atoms with van der Waals surface area (Å²) >= 11 is 0. The molecule has 0 aromatic heterocycles. The number of carbonyl (C=O) groups is 3. The van der Waals surface area contributed by atoms with Gasteiger partial charge in [0.1, 0.15) is 0 Å². The van der Waals surface area contributed by atoms with Crippen LogP contribution in [0, 0.1) is 22.7 Å². The van der Waals surface area contributed by atoms with E-state index in [1.165, 1.54) is 0 Å². The molecular weight excluding hydrogens is 316 g/mol. The van der Waals surface area contributed by atoms with Gasteiger partial charge in [-0.3, -0.25) is 14.4 Å². The molecule has 2 fully saturated rings. The monoisotopic (exact) mass is 342 g/mol. The van der Waals surface area contributed by atoms with Crippen molar-refractivity contribution in [3.05, 3.63) is 24.3 Å². The van der Waals surface area contributed by atoms with E-state index in [0.717, 1.165) is 5.69 Å². The largest absolute Gasteiger partial charge is 0.378 e. The van der Waals surface area contributed by atoms with Crippen molar-refractivity contribution < 1.29 is 14.4 Å². The van der Waals surface area contributed by atoms with E-state index in [2.05, 4.69) is 5.32 Å². The van der Waals surface area contributed by atoms with Crippen LogP contribution in [0.25, 0.3) is 0 Å². The Morgan fingerprint density at radius 1 is 1.12 bits per heavy atom. The first-order valence-corrected chi connectivity index (χ1v) is 8.76. The van der Waals surface area contributed by atoms with Crippen LogP contribution in [0.4, 0.5) is 11.4 Å². The van der Waals surface area contributed by atoms with Crippen molar-refractivity contribution >= 4 is 28.8 Å². The Morgan fingerprint density at radius 3 is 2.28 bits per heavy atom. The Kier molecular flexibility index (Phi) is 4.01. The molecule has 1 aromatic carbocycles. The predicted octanol–water partition coefficient (Wildman–Crippen LogP) is 2.90. The number of fused-ring (bicyclic) bond motifs is 2. The van der Waals surface area contributed by atoms with Crippen molar-refractivity contribution in [2.45, 2.75) is 33.6 Å². The van der Waals surface area contributed by atoms with Crippen molar-refractivity contribution in [1.82, 2.24) is 0 Å². The molecule has 2 aliphatic carbocycles. The predicted molar refractivity (Wildman–Crippen MR) is 97.5 cm³/mol. The number of carbonyl (C=O) groups excluding carboxylic acids is 3. The summed E-state index contributed by atoms with van der Waals surface area (Å²) in [5, 5.41) is 2.75. The van der Waals surface area contributed by atoms with Crippen LogP contribution in [-0.4, -0.2) is 31.6 Å². The Labute approximate surface area is 148 Å². The maximum Gasteiger partial charge on any atom is 0.242 e. The van der Waals surface area contributed by atoms with E-state index in [9.17, 15) is 14.4 Å². The van der Waals surface area contributed by atoms with Gasteiger partial charge in [-0.25, -0.2) is 0 Å². The van der Waals surface area contributed by atoms with Gasteiger partial charge in [0.2, 0.25) is 5.91 Å². The summed E-state index contributed by atoms with van der Waals surface area (Å²) in [6, 6.07) is 7.33. The summed E-state index contributed by atoms with van der Waals surface area (Å²) in [5.74, 6) is -2.34. The zero-order valence-corrected chi connectivity index (χ0v) is 15.6. The molecule has 5 nitrogen and oxygen atoms in total. The van der Waals surface area contributed by atoms with Gasteiger partial charge in [-0.1, -0.05) is 20.8 Å². The minimum atomic E-state index is -1.18. The first-order chi connectivity index (χ1) is 11.6. The lowest BCUT2D eigenvalue weighted by molar-refractivity contribution is -0.156. The van der Waals surface area contributed by atoms with Crippen LogP contribution in [0.2, 0.25) is 0 Å². The highest BCUT2D eigenvalue weighted by Crippen LogP contribution is 2.61. The summed E-state index contributed by atoms with van der Waals surface area (Å²) in [6.45, 7) is 5.87. The first kappa shape index (κ1) is 17.6. The Hall–Kier alpha value is -2.17. The van der Waals surface area contributed by atoms with Crippen LogP contribution in [0.1, 0.15) is 33.6 Å². The molecule has 0 radical (unpaired) electrons. The van der Waals surface area contributed by atoms with Crippen LogP contribution in [-0.2, 0) is 14.4 Å². The lowest BCUT2D eigenvalue weighted by Crippen LogP contribution is -2.56. The van der Waals surface area contributed by atoms with Crippen LogP contribution >= 0.6 is 0 Å². The van der Waals surface area contributed by atoms with E-state index in [0.29, 0.717) is 18.5 Å². The van der Waals surface area contributed by atoms with Crippen LogP contribution in [0.3, 0.4) is 0 Å². The fourth-order valence-corrected chi connectivity index (χ4v) is 4.39. The van der Waals surface area contributed by atoms with Crippen molar-refractivity contribution in [3.63, 3.8) is 0 Å². The third-order valence-corrected chi connectivity index (χ3v) is 6.57. The molecule has 5 heteroatoms. The van der Waals surface area contributed by atoms with Crippen molar-refractivity contribution in [1.29, 1.82) is 0 Å². The van der Waals surface area contributed by atoms with Crippen molar-refractivity contribution in [2.24, 2.45) is 22.7 Å². The van der Waals surface area contributed by atoms with Gasteiger partial charge in [0, 0.05) is 36.8 Å². The molecule has 134 valence electrons. The summed E-state index contributed by atoms with van der Waals surface area (Å²) < 4.78 is 0. The third kappa shape index (κ3) is 2.48. The number of ketones is 2. The molecule has 0 spiro atoms. The Morgan fingerprint density at radius 2 is 1.72 bits per heavy atom. The van der Waals surface area contributed by atoms with Crippen molar-refractivity contribution in [3.8, 4) is 0 Å².